The van der Waals surface area contributed by atoms with Gasteiger partial charge in [-0.2, -0.15) is 0 Å². The van der Waals surface area contributed by atoms with Crippen molar-refractivity contribution in [3.8, 4) is 6.57 Å². The number of rotatable bonds is 2. The maximum atomic E-state index is 11.4. The van der Waals surface area contributed by atoms with Crippen LogP contribution in [0.15, 0.2) is 29.2 Å². The van der Waals surface area contributed by atoms with Crippen molar-refractivity contribution in [2.45, 2.75) is 11.8 Å². The average Bonchev–Trinajstić information content (AvgIpc) is 2.05. The first-order valence-electron chi connectivity index (χ1n) is 3.72. The molecular formula is C9H10NO2S+. The molecule has 0 unspecified atom stereocenters. The van der Waals surface area contributed by atoms with Gasteiger partial charge in [0.2, 0.25) is 0 Å². The zero-order chi connectivity index (χ0) is 9.90. The number of hydrogen-bond donors (Lipinski definition) is 0. The van der Waals surface area contributed by atoms with Gasteiger partial charge in [-0.05, 0) is 19.1 Å². The molecule has 1 rings (SSSR count). The van der Waals surface area contributed by atoms with Crippen molar-refractivity contribution in [3.63, 3.8) is 0 Å². The van der Waals surface area contributed by atoms with Gasteiger partial charge < -0.3 is 0 Å². The number of benzene rings is 1. The number of aryl methyl sites for hydroxylation is 1. The normalized spacial score (nSPS) is 10.8. The van der Waals surface area contributed by atoms with E-state index in [9.17, 15) is 8.42 Å². The van der Waals surface area contributed by atoms with Crippen LogP contribution < -0.4 is 0 Å². The summed E-state index contributed by atoms with van der Waals surface area (Å²) in [6, 6.07) is 6.58. The van der Waals surface area contributed by atoms with E-state index in [0.29, 0.717) is 0 Å². The van der Waals surface area contributed by atoms with Crippen molar-refractivity contribution in [2.75, 3.05) is 5.88 Å². The van der Waals surface area contributed by atoms with Crippen LogP contribution in [0.3, 0.4) is 0 Å². The Morgan fingerprint density at radius 1 is 1.31 bits per heavy atom. The molecule has 0 aliphatic heterocycles. The van der Waals surface area contributed by atoms with E-state index in [-0.39, 0.29) is 10.8 Å². The second-order valence-electron chi connectivity index (χ2n) is 2.74. The maximum absolute atomic E-state index is 11.4. The third-order valence-electron chi connectivity index (χ3n) is 1.62. The molecule has 0 aromatic heterocycles. The lowest BCUT2D eigenvalue weighted by Gasteiger charge is -1.96. The van der Waals surface area contributed by atoms with Crippen LogP contribution in [0.4, 0.5) is 0 Å². The van der Waals surface area contributed by atoms with Gasteiger partial charge in [-0.15, -0.1) is 0 Å². The molecule has 3 nitrogen and oxygen atoms in total. The Labute approximate surface area is 77.8 Å². The summed E-state index contributed by atoms with van der Waals surface area (Å²) < 4.78 is 22.7. The monoisotopic (exact) mass is 197 g/mol. The molecule has 1 aromatic carbocycles. The molecule has 0 amide bonds. The highest BCUT2D eigenvalue weighted by atomic mass is 32.2. The van der Waals surface area contributed by atoms with Crippen molar-refractivity contribution in [3.05, 3.63) is 34.7 Å². The summed E-state index contributed by atoms with van der Waals surface area (Å²) in [5.74, 6) is -0.365. The van der Waals surface area contributed by atoms with Crippen molar-refractivity contribution >= 4 is 9.84 Å². The molecule has 4 heteroatoms. The van der Waals surface area contributed by atoms with Crippen molar-refractivity contribution in [2.24, 2.45) is 0 Å². The molecule has 0 saturated carbocycles. The highest BCUT2D eigenvalue weighted by molar-refractivity contribution is 7.91. The van der Waals surface area contributed by atoms with Gasteiger partial charge in [0.15, 0.2) is 0 Å². The fraction of sp³-hybridized carbons (Fsp3) is 0.222. The topological polar surface area (TPSA) is 38.5 Å². The Kier molecular flexibility index (Phi) is 2.69. The molecule has 0 N–H and O–H groups in total. The minimum Gasteiger partial charge on any atom is -0.216 e. The van der Waals surface area contributed by atoms with E-state index < -0.39 is 9.84 Å². The Bertz CT molecular complexity index is 426. The molecule has 0 aliphatic rings. The Morgan fingerprint density at radius 2 is 1.85 bits per heavy atom. The molecule has 0 fully saturated rings. The van der Waals surface area contributed by atoms with Crippen LogP contribution >= 0.6 is 0 Å². The molecule has 1 aromatic rings. The van der Waals surface area contributed by atoms with Crippen LogP contribution in [0.1, 0.15) is 5.56 Å². The Morgan fingerprint density at radius 3 is 2.31 bits per heavy atom. The van der Waals surface area contributed by atoms with E-state index in [2.05, 4.69) is 4.85 Å². The van der Waals surface area contributed by atoms with E-state index in [1.54, 1.807) is 24.3 Å². The van der Waals surface area contributed by atoms with Gasteiger partial charge in [0.05, 0.1) is 4.90 Å². The highest BCUT2D eigenvalue weighted by Gasteiger charge is 2.18. The van der Waals surface area contributed by atoms with E-state index >= 15 is 0 Å². The minimum atomic E-state index is -3.32. The maximum Gasteiger partial charge on any atom is 0.364 e. The smallest absolute Gasteiger partial charge is 0.216 e. The Balaban J connectivity index is 3.11. The lowest BCUT2D eigenvalue weighted by atomic mass is 10.2. The largest absolute Gasteiger partial charge is 0.364 e. The summed E-state index contributed by atoms with van der Waals surface area (Å²) in [6.07, 6.45) is 0. The van der Waals surface area contributed by atoms with Crippen LogP contribution in [-0.4, -0.2) is 14.3 Å². The van der Waals surface area contributed by atoms with Crippen molar-refractivity contribution in [1.29, 1.82) is 0 Å². The fourth-order valence-corrected chi connectivity index (χ4v) is 1.81. The van der Waals surface area contributed by atoms with Crippen molar-refractivity contribution in [1.82, 2.24) is 0 Å². The summed E-state index contributed by atoms with van der Waals surface area (Å²) in [7, 11) is -3.32. The molecule has 0 heterocycles. The van der Waals surface area contributed by atoms with Crippen LogP contribution in [0.2, 0.25) is 0 Å². The minimum absolute atomic E-state index is 0.257. The van der Waals surface area contributed by atoms with Gasteiger partial charge in [0, 0.05) is 0 Å². The lowest BCUT2D eigenvalue weighted by Crippen LogP contribution is -2.03. The zero-order valence-corrected chi connectivity index (χ0v) is 8.08. The average molecular weight is 197 g/mol. The van der Waals surface area contributed by atoms with Crippen LogP contribution in [0.25, 0.3) is 4.85 Å². The van der Waals surface area contributed by atoms with E-state index in [4.69, 9.17) is 6.57 Å². The van der Waals surface area contributed by atoms with Gasteiger partial charge >= 0.3 is 5.88 Å². The van der Waals surface area contributed by atoms with Gasteiger partial charge in [-0.25, -0.2) is 8.42 Å². The third kappa shape index (κ3) is 2.30. The first-order valence-corrected chi connectivity index (χ1v) is 5.37. The van der Waals surface area contributed by atoms with Gasteiger partial charge in [-0.1, -0.05) is 22.5 Å². The SMILES string of the molecule is C#[15N+]CS(=O)(=O)c1ccc(C)cc1. The molecule has 68 valence electrons. The fourth-order valence-electron chi connectivity index (χ4n) is 0.918. The zero-order valence-electron chi connectivity index (χ0n) is 7.27. The standard InChI is InChI=1S/C9H10NO2S/c1-8-3-5-9(6-4-8)13(11,12)7-10-2/h2-6H,7H2,1H3/q+1/i10+1. The van der Waals surface area contributed by atoms with Gasteiger partial charge in [0.25, 0.3) is 16.4 Å². The molecule has 0 radical (unpaired) electrons. The van der Waals surface area contributed by atoms with Crippen molar-refractivity contribution < 1.29 is 8.42 Å². The van der Waals surface area contributed by atoms with Gasteiger partial charge in [-0.3, -0.25) is 0 Å². The number of nitrogens with zero attached hydrogens (tertiary/aromatic N) is 1. The van der Waals surface area contributed by atoms with E-state index in [1.807, 2.05) is 6.92 Å². The van der Waals surface area contributed by atoms with Crippen LogP contribution in [-0.2, 0) is 9.84 Å². The summed E-state index contributed by atoms with van der Waals surface area (Å²) in [6.45, 7) is 6.72. The summed E-state index contributed by atoms with van der Waals surface area (Å²) in [4.78, 5) is 3.37. The highest BCUT2D eigenvalue weighted by Crippen LogP contribution is 2.11. The molecular weight excluding hydrogens is 187 g/mol. The quantitative estimate of drug-likeness (QED) is 0.677. The predicted octanol–water partition coefficient (Wildman–Crippen LogP) is 1.69. The van der Waals surface area contributed by atoms with Gasteiger partial charge in [0.1, 0.15) is 0 Å². The summed E-state index contributed by atoms with van der Waals surface area (Å²) in [5, 5.41) is 0. The molecule has 0 aliphatic carbocycles. The third-order valence-corrected chi connectivity index (χ3v) is 3.10. The molecule has 0 spiro atoms. The molecule has 13 heavy (non-hydrogen) atoms. The molecule has 0 bridgehead atoms. The summed E-state index contributed by atoms with van der Waals surface area (Å²) in [5.41, 5.74) is 1.02. The lowest BCUT2D eigenvalue weighted by molar-refractivity contribution is 0.599. The number of sulfone groups is 1. The molecule has 0 atom stereocenters. The molecule has 0 saturated heterocycles. The first-order chi connectivity index (χ1) is 6.06. The Hall–Kier alpha value is -1.34. The second-order valence-corrected chi connectivity index (χ2v) is 4.70. The van der Waals surface area contributed by atoms with Crippen LogP contribution in [0.5, 0.6) is 0 Å². The van der Waals surface area contributed by atoms with Crippen LogP contribution in [0, 0.1) is 13.5 Å². The predicted molar refractivity (Wildman–Crippen MR) is 51.5 cm³/mol. The summed E-state index contributed by atoms with van der Waals surface area (Å²) >= 11 is 0. The van der Waals surface area contributed by atoms with E-state index in [1.165, 1.54) is 0 Å². The first kappa shape index (κ1) is 9.75. The van der Waals surface area contributed by atoms with E-state index in [0.717, 1.165) is 5.56 Å². The number of hydrogen-bond acceptors (Lipinski definition) is 2. The second kappa shape index (κ2) is 3.58.